The molecule has 0 aliphatic rings. The second-order valence-corrected chi connectivity index (χ2v) is 6.38. The predicted octanol–water partition coefficient (Wildman–Crippen LogP) is 6.40. The highest BCUT2D eigenvalue weighted by Crippen LogP contribution is 2.33. The molecule has 0 aliphatic carbocycles. The van der Waals surface area contributed by atoms with Gasteiger partial charge in [0.2, 0.25) is 0 Å². The van der Waals surface area contributed by atoms with Crippen molar-refractivity contribution in [3.63, 3.8) is 0 Å². The molecule has 1 nitrogen and oxygen atoms in total. The summed E-state index contributed by atoms with van der Waals surface area (Å²) in [5, 5.41) is 3.09. The topological polar surface area (TPSA) is 12.0 Å². The first-order chi connectivity index (χ1) is 9.77. The maximum atomic E-state index is 12.7. The van der Waals surface area contributed by atoms with Gasteiger partial charge in [-0.25, -0.2) is 0 Å². The Morgan fingerprint density at radius 2 is 1.76 bits per heavy atom. The summed E-state index contributed by atoms with van der Waals surface area (Å²) in [4.78, 5) is 0. The van der Waals surface area contributed by atoms with Crippen molar-refractivity contribution in [1.82, 2.24) is 0 Å². The minimum absolute atomic E-state index is 0.129. The Morgan fingerprint density at radius 1 is 1.05 bits per heavy atom. The van der Waals surface area contributed by atoms with Crippen molar-refractivity contribution in [1.29, 1.82) is 0 Å². The van der Waals surface area contributed by atoms with Crippen LogP contribution in [0.3, 0.4) is 0 Å². The van der Waals surface area contributed by atoms with Crippen molar-refractivity contribution >= 4 is 37.5 Å². The third kappa shape index (κ3) is 4.23. The maximum Gasteiger partial charge on any atom is 0.416 e. The van der Waals surface area contributed by atoms with Gasteiger partial charge in [-0.3, -0.25) is 0 Å². The van der Waals surface area contributed by atoms with E-state index >= 15 is 0 Å². The third-order valence-electron chi connectivity index (χ3n) is 3.00. The molecular formula is C15H12Br2F3N. The molecule has 0 spiro atoms. The summed E-state index contributed by atoms with van der Waals surface area (Å²) in [5.41, 5.74) is 0.748. The fourth-order valence-electron chi connectivity index (χ4n) is 1.97. The Bertz CT molecular complexity index is 641. The van der Waals surface area contributed by atoms with E-state index in [9.17, 15) is 13.2 Å². The van der Waals surface area contributed by atoms with Crippen LogP contribution >= 0.6 is 31.9 Å². The lowest BCUT2D eigenvalue weighted by atomic mass is 10.1. The van der Waals surface area contributed by atoms with Crippen LogP contribution in [0.2, 0.25) is 0 Å². The highest BCUT2D eigenvalue weighted by molar-refractivity contribution is 9.11. The average Bonchev–Trinajstić information content (AvgIpc) is 2.37. The number of alkyl halides is 3. The average molecular weight is 423 g/mol. The van der Waals surface area contributed by atoms with E-state index in [0.29, 0.717) is 5.69 Å². The predicted molar refractivity (Wildman–Crippen MR) is 85.3 cm³/mol. The molecule has 2 aromatic carbocycles. The van der Waals surface area contributed by atoms with Crippen molar-refractivity contribution in [2.45, 2.75) is 19.1 Å². The van der Waals surface area contributed by atoms with Gasteiger partial charge in [-0.15, -0.1) is 0 Å². The SMILES string of the molecule is CC(Nc1cccc(C(F)(F)F)c1)c1ccc(Br)cc1Br. The number of anilines is 1. The van der Waals surface area contributed by atoms with E-state index < -0.39 is 11.7 Å². The van der Waals surface area contributed by atoms with Gasteiger partial charge < -0.3 is 5.32 Å². The Labute approximate surface area is 137 Å². The fraction of sp³-hybridized carbons (Fsp3) is 0.200. The summed E-state index contributed by atoms with van der Waals surface area (Å²) in [7, 11) is 0. The van der Waals surface area contributed by atoms with E-state index in [1.165, 1.54) is 6.07 Å². The smallest absolute Gasteiger partial charge is 0.378 e. The fourth-order valence-corrected chi connectivity index (χ4v) is 3.36. The first-order valence-electron chi connectivity index (χ1n) is 6.16. The molecule has 0 heterocycles. The van der Waals surface area contributed by atoms with Crippen LogP contribution < -0.4 is 5.32 Å². The van der Waals surface area contributed by atoms with Crippen LogP contribution in [-0.4, -0.2) is 0 Å². The molecule has 0 saturated heterocycles. The van der Waals surface area contributed by atoms with Crippen molar-refractivity contribution in [3.8, 4) is 0 Å². The second-order valence-electron chi connectivity index (χ2n) is 4.61. The molecule has 0 fully saturated rings. The quantitative estimate of drug-likeness (QED) is 0.603. The molecule has 21 heavy (non-hydrogen) atoms. The maximum absolute atomic E-state index is 12.7. The first kappa shape index (κ1) is 16.4. The monoisotopic (exact) mass is 421 g/mol. The molecule has 2 aromatic rings. The minimum atomic E-state index is -4.33. The van der Waals surface area contributed by atoms with Crippen molar-refractivity contribution in [3.05, 3.63) is 62.5 Å². The van der Waals surface area contributed by atoms with Gasteiger partial charge in [-0.05, 0) is 42.8 Å². The number of hydrogen-bond donors (Lipinski definition) is 1. The molecule has 112 valence electrons. The molecule has 0 aliphatic heterocycles. The second kappa shape index (κ2) is 6.40. The van der Waals surface area contributed by atoms with Crippen LogP contribution in [0.4, 0.5) is 18.9 Å². The lowest BCUT2D eigenvalue weighted by Gasteiger charge is -2.18. The van der Waals surface area contributed by atoms with Gasteiger partial charge in [0.05, 0.1) is 5.56 Å². The van der Waals surface area contributed by atoms with Gasteiger partial charge in [0, 0.05) is 20.7 Å². The van der Waals surface area contributed by atoms with Crippen LogP contribution in [0.5, 0.6) is 0 Å². The van der Waals surface area contributed by atoms with Gasteiger partial charge >= 0.3 is 6.18 Å². The molecule has 2 rings (SSSR count). The zero-order chi connectivity index (χ0) is 15.6. The van der Waals surface area contributed by atoms with E-state index in [4.69, 9.17) is 0 Å². The lowest BCUT2D eigenvalue weighted by Crippen LogP contribution is -2.09. The summed E-state index contributed by atoms with van der Waals surface area (Å²) in [5.74, 6) is 0. The third-order valence-corrected chi connectivity index (χ3v) is 4.18. The van der Waals surface area contributed by atoms with Crippen LogP contribution in [0, 0.1) is 0 Å². The molecule has 0 amide bonds. The number of benzene rings is 2. The summed E-state index contributed by atoms with van der Waals surface area (Å²) in [6, 6.07) is 10.8. The Morgan fingerprint density at radius 3 is 2.38 bits per heavy atom. The molecular weight excluding hydrogens is 411 g/mol. The lowest BCUT2D eigenvalue weighted by molar-refractivity contribution is -0.137. The van der Waals surface area contributed by atoms with Crippen LogP contribution in [0.25, 0.3) is 0 Å². The largest absolute Gasteiger partial charge is 0.416 e. The van der Waals surface area contributed by atoms with Gasteiger partial charge in [0.25, 0.3) is 0 Å². The number of nitrogens with one attached hydrogen (secondary N) is 1. The summed E-state index contributed by atoms with van der Waals surface area (Å²) < 4.78 is 39.9. The normalized spacial score (nSPS) is 13.0. The van der Waals surface area contributed by atoms with Gasteiger partial charge in [-0.1, -0.05) is 44.0 Å². The van der Waals surface area contributed by atoms with E-state index in [-0.39, 0.29) is 6.04 Å². The molecule has 0 aromatic heterocycles. The Kier molecular flexibility index (Phi) is 4.99. The van der Waals surface area contributed by atoms with E-state index in [0.717, 1.165) is 26.6 Å². The van der Waals surface area contributed by atoms with Crippen LogP contribution in [0.15, 0.2) is 51.4 Å². The molecule has 1 unspecified atom stereocenters. The molecule has 6 heteroatoms. The van der Waals surface area contributed by atoms with Crippen LogP contribution in [0.1, 0.15) is 24.1 Å². The van der Waals surface area contributed by atoms with Crippen molar-refractivity contribution < 1.29 is 13.2 Å². The zero-order valence-corrected chi connectivity index (χ0v) is 14.2. The molecule has 0 saturated carbocycles. The minimum Gasteiger partial charge on any atom is -0.378 e. The number of halogens is 5. The summed E-state index contributed by atoms with van der Waals surface area (Å²) >= 11 is 6.83. The van der Waals surface area contributed by atoms with Gasteiger partial charge in [-0.2, -0.15) is 13.2 Å². The number of hydrogen-bond acceptors (Lipinski definition) is 1. The standard InChI is InChI=1S/C15H12Br2F3N/c1-9(13-6-5-11(16)8-14(13)17)21-12-4-2-3-10(7-12)15(18,19)20/h2-9,21H,1H3. The zero-order valence-electron chi connectivity index (χ0n) is 11.0. The van der Waals surface area contributed by atoms with Crippen LogP contribution in [-0.2, 0) is 6.18 Å². The molecule has 0 bridgehead atoms. The Balaban J connectivity index is 2.21. The van der Waals surface area contributed by atoms with Crippen molar-refractivity contribution in [2.75, 3.05) is 5.32 Å². The first-order valence-corrected chi connectivity index (χ1v) is 7.75. The molecule has 1 atom stereocenters. The van der Waals surface area contributed by atoms with Crippen molar-refractivity contribution in [2.24, 2.45) is 0 Å². The molecule has 0 radical (unpaired) electrons. The van der Waals surface area contributed by atoms with E-state index in [1.54, 1.807) is 6.07 Å². The summed E-state index contributed by atoms with van der Waals surface area (Å²) in [6.45, 7) is 1.90. The number of rotatable bonds is 3. The van der Waals surface area contributed by atoms with Gasteiger partial charge in [0.15, 0.2) is 0 Å². The van der Waals surface area contributed by atoms with E-state index in [1.807, 2.05) is 25.1 Å². The van der Waals surface area contributed by atoms with Gasteiger partial charge in [0.1, 0.15) is 0 Å². The molecule has 1 N–H and O–H groups in total. The summed E-state index contributed by atoms with van der Waals surface area (Å²) in [6.07, 6.45) is -4.33. The highest BCUT2D eigenvalue weighted by atomic mass is 79.9. The Hall–Kier alpha value is -1.01. The highest BCUT2D eigenvalue weighted by Gasteiger charge is 2.30. The van der Waals surface area contributed by atoms with E-state index in [2.05, 4.69) is 37.2 Å².